The quantitative estimate of drug-likeness (QED) is 0.211. The lowest BCUT2D eigenvalue weighted by atomic mass is 9.82. The average molecular weight is 425 g/mol. The largest absolute Gasteiger partial charge is 0.472 e. The van der Waals surface area contributed by atoms with E-state index in [2.05, 4.69) is 0 Å². The van der Waals surface area contributed by atoms with Crippen molar-refractivity contribution >= 4 is 51.0 Å². The van der Waals surface area contributed by atoms with Gasteiger partial charge in [0.15, 0.2) is 5.60 Å². The van der Waals surface area contributed by atoms with Crippen LogP contribution in [0.3, 0.4) is 0 Å². The zero-order chi connectivity index (χ0) is 22.6. The third kappa shape index (κ3) is 2.48. The molecule has 160 valence electrons. The summed E-state index contributed by atoms with van der Waals surface area (Å²) in [6.45, 7) is 0. The lowest BCUT2D eigenvalue weighted by Crippen LogP contribution is -2.34. The van der Waals surface area contributed by atoms with Crippen LogP contribution < -0.4 is 39.1 Å². The van der Waals surface area contributed by atoms with Crippen LogP contribution in [0.4, 0.5) is 34.1 Å². The lowest BCUT2D eigenvalue weighted by Gasteiger charge is -2.37. The molecule has 0 spiro atoms. The summed E-state index contributed by atoms with van der Waals surface area (Å²) < 4.78 is 6.82. The monoisotopic (exact) mass is 424 g/mol. The molecule has 1 heterocycles. The number of anilines is 6. The summed E-state index contributed by atoms with van der Waals surface area (Å²) in [5.74, 6) is 0.456. The van der Waals surface area contributed by atoms with Gasteiger partial charge in [0, 0.05) is 22.1 Å². The molecule has 32 heavy (non-hydrogen) atoms. The van der Waals surface area contributed by atoms with E-state index in [0.717, 1.165) is 11.1 Å². The molecule has 0 saturated heterocycles. The Labute approximate surface area is 185 Å². The van der Waals surface area contributed by atoms with Crippen molar-refractivity contribution in [2.75, 3.05) is 34.4 Å². The van der Waals surface area contributed by atoms with Crippen LogP contribution in [-0.2, 0) is 5.60 Å². The zero-order valence-electron chi connectivity index (χ0n) is 17.3. The number of hydrogen-bond donors (Lipinski definition) is 6. The molecule has 7 nitrogen and oxygen atoms in total. The maximum atomic E-state index is 6.82. The Kier molecular flexibility index (Phi) is 4.10. The third-order valence-electron chi connectivity index (χ3n) is 6.13. The van der Waals surface area contributed by atoms with Crippen molar-refractivity contribution in [2.24, 2.45) is 0 Å². The fourth-order valence-corrected chi connectivity index (χ4v) is 4.40. The molecule has 12 N–H and O–H groups in total. The Balaban J connectivity index is 1.90. The van der Waals surface area contributed by atoms with Crippen molar-refractivity contribution in [3.05, 3.63) is 83.4 Å². The predicted molar refractivity (Wildman–Crippen MR) is 134 cm³/mol. The highest BCUT2D eigenvalue weighted by molar-refractivity contribution is 6.22. The molecule has 0 aliphatic carbocycles. The molecule has 0 aromatic heterocycles. The summed E-state index contributed by atoms with van der Waals surface area (Å²) in [5, 5.41) is 0.937. The number of rotatable bonds is 2. The molecule has 0 bridgehead atoms. The van der Waals surface area contributed by atoms with Crippen LogP contribution >= 0.6 is 0 Å². The average Bonchev–Trinajstić information content (AvgIpc) is 2.84. The Morgan fingerprint density at radius 1 is 0.531 bits per heavy atom. The minimum absolute atomic E-state index is 0.171. The molecule has 7 heteroatoms. The van der Waals surface area contributed by atoms with E-state index >= 15 is 0 Å². The number of ether oxygens (including phenoxy) is 1. The minimum Gasteiger partial charge on any atom is -0.472 e. The van der Waals surface area contributed by atoms with Crippen molar-refractivity contribution in [1.82, 2.24) is 0 Å². The smallest absolute Gasteiger partial charge is 0.178 e. The zero-order valence-corrected chi connectivity index (χ0v) is 17.3. The Hall–Kier alpha value is -4.52. The number of benzene rings is 4. The predicted octanol–water partition coefficient (Wildman–Crippen LogP) is 3.68. The van der Waals surface area contributed by atoms with Gasteiger partial charge in [0.05, 0.1) is 39.5 Å². The first-order valence-corrected chi connectivity index (χ1v) is 10.1. The first-order valence-electron chi connectivity index (χ1n) is 10.1. The number of fused-ring (bicyclic) bond motifs is 3. The Bertz CT molecular complexity index is 1360. The maximum Gasteiger partial charge on any atom is 0.178 e. The molecule has 5 rings (SSSR count). The first-order chi connectivity index (χ1) is 15.4. The maximum absolute atomic E-state index is 6.82. The second-order valence-corrected chi connectivity index (χ2v) is 7.88. The van der Waals surface area contributed by atoms with E-state index < -0.39 is 5.60 Å². The number of hydrogen-bond acceptors (Lipinski definition) is 7. The second kappa shape index (κ2) is 6.75. The van der Waals surface area contributed by atoms with Crippen LogP contribution in [0, 0.1) is 0 Å². The molecule has 0 atom stereocenters. The SMILES string of the molecule is Nc1c(N)c(N)c2c3c(c(N)c(N)c2c1N)C=CC(c1ccccc1)(c1ccccc1)O3. The molecule has 1 aliphatic heterocycles. The molecule has 0 radical (unpaired) electrons. The van der Waals surface area contributed by atoms with Crippen molar-refractivity contribution in [3.8, 4) is 5.75 Å². The normalized spacial score (nSPS) is 14.1. The third-order valence-corrected chi connectivity index (χ3v) is 6.13. The fraction of sp³-hybridized carbons (Fsp3) is 0.0400. The van der Waals surface area contributed by atoms with Crippen molar-refractivity contribution in [2.45, 2.75) is 5.60 Å². The van der Waals surface area contributed by atoms with Gasteiger partial charge >= 0.3 is 0 Å². The van der Waals surface area contributed by atoms with Crippen LogP contribution in [0.2, 0.25) is 0 Å². The van der Waals surface area contributed by atoms with Crippen molar-refractivity contribution < 1.29 is 4.74 Å². The van der Waals surface area contributed by atoms with Crippen LogP contribution in [0.15, 0.2) is 66.7 Å². The summed E-state index contributed by atoms with van der Waals surface area (Å²) in [6, 6.07) is 19.8. The minimum atomic E-state index is -0.928. The van der Waals surface area contributed by atoms with Crippen LogP contribution in [0.25, 0.3) is 16.8 Å². The Morgan fingerprint density at radius 2 is 1.00 bits per heavy atom. The highest BCUT2D eigenvalue weighted by Crippen LogP contribution is 2.54. The molecule has 0 fully saturated rings. The van der Waals surface area contributed by atoms with Crippen LogP contribution in [0.5, 0.6) is 5.75 Å². The summed E-state index contributed by atoms with van der Waals surface area (Å²) in [5.41, 5.74) is 40.8. The topological polar surface area (TPSA) is 165 Å². The van der Waals surface area contributed by atoms with E-state index in [9.17, 15) is 0 Å². The van der Waals surface area contributed by atoms with Gasteiger partial charge in [-0.1, -0.05) is 60.7 Å². The molecule has 0 amide bonds. The highest BCUT2D eigenvalue weighted by atomic mass is 16.5. The summed E-state index contributed by atoms with van der Waals surface area (Å²) >= 11 is 0. The lowest BCUT2D eigenvalue weighted by molar-refractivity contribution is 0.164. The van der Waals surface area contributed by atoms with Gasteiger partial charge in [-0.2, -0.15) is 0 Å². The van der Waals surface area contributed by atoms with E-state index in [1.165, 1.54) is 0 Å². The summed E-state index contributed by atoms with van der Waals surface area (Å²) in [6.07, 6.45) is 3.88. The van der Waals surface area contributed by atoms with Crippen LogP contribution in [-0.4, -0.2) is 0 Å². The van der Waals surface area contributed by atoms with Gasteiger partial charge in [-0.15, -0.1) is 0 Å². The molecule has 1 aliphatic rings. The Morgan fingerprint density at radius 3 is 1.53 bits per heavy atom. The van der Waals surface area contributed by atoms with Gasteiger partial charge in [-0.25, -0.2) is 0 Å². The van der Waals surface area contributed by atoms with E-state index in [1.807, 2.05) is 72.8 Å². The van der Waals surface area contributed by atoms with Gasteiger partial charge in [-0.05, 0) is 12.2 Å². The van der Waals surface area contributed by atoms with E-state index in [-0.39, 0.29) is 28.4 Å². The van der Waals surface area contributed by atoms with E-state index in [0.29, 0.717) is 27.8 Å². The molecular formula is C25H24N6O. The number of nitrogen functional groups attached to an aromatic ring is 6. The van der Waals surface area contributed by atoms with Crippen LogP contribution in [0.1, 0.15) is 16.7 Å². The van der Waals surface area contributed by atoms with Gasteiger partial charge < -0.3 is 39.1 Å². The molecule has 0 saturated carbocycles. The first kappa shape index (κ1) is 19.4. The van der Waals surface area contributed by atoms with E-state index in [1.54, 1.807) is 0 Å². The van der Waals surface area contributed by atoms with Gasteiger partial charge in [0.1, 0.15) is 5.75 Å². The van der Waals surface area contributed by atoms with Gasteiger partial charge in [-0.3, -0.25) is 0 Å². The van der Waals surface area contributed by atoms with Gasteiger partial charge in [0.2, 0.25) is 0 Å². The van der Waals surface area contributed by atoms with Gasteiger partial charge in [0.25, 0.3) is 0 Å². The summed E-state index contributed by atoms with van der Waals surface area (Å²) in [4.78, 5) is 0. The molecule has 4 aromatic carbocycles. The summed E-state index contributed by atoms with van der Waals surface area (Å²) in [7, 11) is 0. The molecule has 0 unspecified atom stereocenters. The number of nitrogens with two attached hydrogens (primary N) is 6. The van der Waals surface area contributed by atoms with Crippen molar-refractivity contribution in [3.63, 3.8) is 0 Å². The fourth-order valence-electron chi connectivity index (χ4n) is 4.40. The molecule has 4 aromatic rings. The highest BCUT2D eigenvalue weighted by Gasteiger charge is 2.39. The standard InChI is InChI=1S/C25H24N6O/c26-18-15-11-12-25(13-7-3-1-4-8-13,14-9-5-2-6-10-14)32-24(15)17-16(19(18)27)20(28)22(30)23(31)21(17)29/h1-12H,26-31H2. The van der Waals surface area contributed by atoms with Crippen molar-refractivity contribution in [1.29, 1.82) is 0 Å². The second-order valence-electron chi connectivity index (χ2n) is 7.88. The molecular weight excluding hydrogens is 400 g/mol. The van der Waals surface area contributed by atoms with E-state index in [4.69, 9.17) is 39.1 Å².